The van der Waals surface area contributed by atoms with Crippen LogP contribution in [0.15, 0.2) is 12.1 Å². The van der Waals surface area contributed by atoms with Crippen molar-refractivity contribution < 1.29 is 9.47 Å². The van der Waals surface area contributed by atoms with E-state index < -0.39 is 0 Å². The van der Waals surface area contributed by atoms with Gasteiger partial charge in [-0.15, -0.1) is 0 Å². The first-order valence-electron chi connectivity index (χ1n) is 7.98. The molecule has 1 heterocycles. The number of ether oxygens (including phenoxy) is 2. The molecular weight excluding hydrogens is 300 g/mol. The summed E-state index contributed by atoms with van der Waals surface area (Å²) < 4.78 is 10.6. The molecule has 1 aromatic carbocycles. The third-order valence-corrected chi connectivity index (χ3v) is 4.78. The normalized spacial score (nSPS) is 16.7. The molecule has 1 aliphatic heterocycles. The highest BCUT2D eigenvalue weighted by atomic mass is 35.5. The summed E-state index contributed by atoms with van der Waals surface area (Å²) in [6.07, 6.45) is 2.64. The SMILES string of the molecule is COc1ccc(CNCCN2CCC(C)CC2)c(Cl)c1OC. The Balaban J connectivity index is 1.79. The first-order valence-corrected chi connectivity index (χ1v) is 8.36. The Morgan fingerprint density at radius 2 is 1.95 bits per heavy atom. The minimum Gasteiger partial charge on any atom is -0.493 e. The average molecular weight is 327 g/mol. The Kier molecular flexibility index (Phi) is 6.80. The molecule has 1 N–H and O–H groups in total. The fraction of sp³-hybridized carbons (Fsp3) is 0.647. The van der Waals surface area contributed by atoms with E-state index in [1.807, 2.05) is 12.1 Å². The fourth-order valence-corrected chi connectivity index (χ4v) is 3.11. The molecule has 0 saturated carbocycles. The van der Waals surface area contributed by atoms with Crippen LogP contribution in [-0.2, 0) is 6.54 Å². The van der Waals surface area contributed by atoms with Gasteiger partial charge in [0.25, 0.3) is 0 Å². The lowest BCUT2D eigenvalue weighted by Crippen LogP contribution is -2.37. The third-order valence-electron chi connectivity index (χ3n) is 4.36. The second-order valence-corrected chi connectivity index (χ2v) is 6.35. The lowest BCUT2D eigenvalue weighted by Gasteiger charge is -2.30. The number of likely N-dealkylation sites (tertiary alicyclic amines) is 1. The molecule has 4 nitrogen and oxygen atoms in total. The molecule has 0 unspecified atom stereocenters. The first-order chi connectivity index (χ1) is 10.7. The molecule has 0 aliphatic carbocycles. The monoisotopic (exact) mass is 326 g/mol. The van der Waals surface area contributed by atoms with Gasteiger partial charge in [-0.2, -0.15) is 0 Å². The molecule has 0 bridgehead atoms. The number of rotatable bonds is 7. The maximum atomic E-state index is 6.38. The zero-order chi connectivity index (χ0) is 15.9. The van der Waals surface area contributed by atoms with Crippen molar-refractivity contribution in [1.29, 1.82) is 0 Å². The van der Waals surface area contributed by atoms with E-state index in [0.717, 1.165) is 31.1 Å². The molecule has 2 rings (SSSR count). The van der Waals surface area contributed by atoms with Crippen LogP contribution in [0.2, 0.25) is 5.02 Å². The predicted octanol–water partition coefficient (Wildman–Crippen LogP) is 3.18. The number of methoxy groups -OCH3 is 2. The number of nitrogens with one attached hydrogen (secondary N) is 1. The van der Waals surface area contributed by atoms with E-state index in [0.29, 0.717) is 16.5 Å². The lowest BCUT2D eigenvalue weighted by molar-refractivity contribution is 0.193. The van der Waals surface area contributed by atoms with Crippen molar-refractivity contribution in [2.45, 2.75) is 26.3 Å². The van der Waals surface area contributed by atoms with E-state index in [1.165, 1.54) is 25.9 Å². The van der Waals surface area contributed by atoms with Gasteiger partial charge in [0.15, 0.2) is 11.5 Å². The second-order valence-electron chi connectivity index (χ2n) is 5.98. The Morgan fingerprint density at radius 1 is 1.23 bits per heavy atom. The van der Waals surface area contributed by atoms with Crippen LogP contribution < -0.4 is 14.8 Å². The third kappa shape index (κ3) is 4.51. The van der Waals surface area contributed by atoms with Crippen LogP contribution in [0.5, 0.6) is 11.5 Å². The Hall–Kier alpha value is -0.970. The number of nitrogens with zero attached hydrogens (tertiary/aromatic N) is 1. The highest BCUT2D eigenvalue weighted by molar-refractivity contribution is 6.33. The van der Waals surface area contributed by atoms with Crippen molar-refractivity contribution >= 4 is 11.6 Å². The number of piperidine rings is 1. The van der Waals surface area contributed by atoms with E-state index in [9.17, 15) is 0 Å². The molecule has 0 radical (unpaired) electrons. The topological polar surface area (TPSA) is 33.7 Å². The van der Waals surface area contributed by atoms with E-state index in [4.69, 9.17) is 21.1 Å². The highest BCUT2D eigenvalue weighted by Gasteiger charge is 2.15. The van der Waals surface area contributed by atoms with Gasteiger partial charge in [-0.3, -0.25) is 0 Å². The van der Waals surface area contributed by atoms with E-state index in [-0.39, 0.29) is 0 Å². The number of benzene rings is 1. The number of halogens is 1. The first kappa shape index (κ1) is 17.4. The van der Waals surface area contributed by atoms with Gasteiger partial charge in [-0.05, 0) is 43.5 Å². The molecule has 1 aliphatic rings. The summed E-state index contributed by atoms with van der Waals surface area (Å²) in [6.45, 7) is 7.59. The van der Waals surface area contributed by atoms with Gasteiger partial charge >= 0.3 is 0 Å². The molecule has 0 atom stereocenters. The molecule has 22 heavy (non-hydrogen) atoms. The van der Waals surface area contributed by atoms with Crippen LogP contribution in [0.1, 0.15) is 25.3 Å². The van der Waals surface area contributed by atoms with Crippen LogP contribution in [0, 0.1) is 5.92 Å². The highest BCUT2D eigenvalue weighted by Crippen LogP contribution is 2.37. The lowest BCUT2D eigenvalue weighted by atomic mass is 9.99. The fourth-order valence-electron chi connectivity index (χ4n) is 2.81. The van der Waals surface area contributed by atoms with Gasteiger partial charge in [0.1, 0.15) is 0 Å². The second kappa shape index (κ2) is 8.61. The number of hydrogen-bond donors (Lipinski definition) is 1. The molecule has 0 amide bonds. The zero-order valence-electron chi connectivity index (χ0n) is 13.8. The summed E-state index contributed by atoms with van der Waals surface area (Å²) in [5.74, 6) is 2.15. The van der Waals surface area contributed by atoms with Gasteiger partial charge in [0.05, 0.1) is 19.2 Å². The van der Waals surface area contributed by atoms with Crippen molar-refractivity contribution in [3.63, 3.8) is 0 Å². The van der Waals surface area contributed by atoms with Crippen LogP contribution >= 0.6 is 11.6 Å². The Morgan fingerprint density at radius 3 is 2.59 bits per heavy atom. The van der Waals surface area contributed by atoms with Crippen LogP contribution in [-0.4, -0.2) is 45.3 Å². The summed E-state index contributed by atoms with van der Waals surface area (Å²) in [6, 6.07) is 3.88. The van der Waals surface area contributed by atoms with E-state index >= 15 is 0 Å². The quantitative estimate of drug-likeness (QED) is 0.780. The summed E-state index contributed by atoms with van der Waals surface area (Å²) >= 11 is 6.38. The molecule has 124 valence electrons. The van der Waals surface area contributed by atoms with Crippen molar-refractivity contribution in [3.05, 3.63) is 22.7 Å². The van der Waals surface area contributed by atoms with Gasteiger partial charge in [0.2, 0.25) is 0 Å². The Labute approximate surface area is 138 Å². The van der Waals surface area contributed by atoms with Crippen LogP contribution in [0.4, 0.5) is 0 Å². The predicted molar refractivity (Wildman–Crippen MR) is 91.1 cm³/mol. The van der Waals surface area contributed by atoms with Crippen molar-refractivity contribution in [3.8, 4) is 11.5 Å². The summed E-state index contributed by atoms with van der Waals surface area (Å²) in [4.78, 5) is 2.53. The minimum atomic E-state index is 0.605. The Bertz CT molecular complexity index is 474. The minimum absolute atomic E-state index is 0.605. The maximum Gasteiger partial charge on any atom is 0.179 e. The summed E-state index contributed by atoms with van der Waals surface area (Å²) in [5, 5.41) is 4.09. The molecule has 5 heteroatoms. The molecule has 1 saturated heterocycles. The van der Waals surface area contributed by atoms with Crippen molar-refractivity contribution in [1.82, 2.24) is 10.2 Å². The van der Waals surface area contributed by atoms with E-state index in [2.05, 4.69) is 17.1 Å². The van der Waals surface area contributed by atoms with Gasteiger partial charge < -0.3 is 19.7 Å². The summed E-state index contributed by atoms with van der Waals surface area (Å²) in [5.41, 5.74) is 1.03. The number of hydrogen-bond acceptors (Lipinski definition) is 4. The maximum absolute atomic E-state index is 6.38. The molecule has 1 aromatic rings. The molecule has 0 aromatic heterocycles. The van der Waals surface area contributed by atoms with Crippen molar-refractivity contribution in [2.24, 2.45) is 5.92 Å². The molecule has 0 spiro atoms. The van der Waals surface area contributed by atoms with E-state index in [1.54, 1.807) is 14.2 Å². The van der Waals surface area contributed by atoms with Gasteiger partial charge in [-0.25, -0.2) is 0 Å². The smallest absolute Gasteiger partial charge is 0.179 e. The average Bonchev–Trinajstić information content (AvgIpc) is 2.54. The van der Waals surface area contributed by atoms with Crippen LogP contribution in [0.3, 0.4) is 0 Å². The standard InChI is InChI=1S/C17H27ClN2O2/c1-13-6-9-20(10-7-13)11-8-19-12-14-4-5-15(21-2)17(22-3)16(14)18/h4-5,13,19H,6-12H2,1-3H3. The zero-order valence-corrected chi connectivity index (χ0v) is 14.6. The van der Waals surface area contributed by atoms with Crippen molar-refractivity contribution in [2.75, 3.05) is 40.4 Å². The van der Waals surface area contributed by atoms with Gasteiger partial charge in [-0.1, -0.05) is 24.6 Å². The molecule has 1 fully saturated rings. The largest absolute Gasteiger partial charge is 0.493 e. The van der Waals surface area contributed by atoms with Crippen LogP contribution in [0.25, 0.3) is 0 Å². The summed E-state index contributed by atoms with van der Waals surface area (Å²) in [7, 11) is 3.23. The van der Waals surface area contributed by atoms with Gasteiger partial charge in [0, 0.05) is 19.6 Å². The molecular formula is C17H27ClN2O2.